The number of hydrogen-bond donors (Lipinski definition) is 2. The zero-order chi connectivity index (χ0) is 15.4. The fraction of sp³-hybridized carbons (Fsp3) is 0.250. The Hall–Kier alpha value is -1.61. The maximum atomic E-state index is 5.27. The number of benzene rings is 1. The maximum absolute atomic E-state index is 5.27. The van der Waals surface area contributed by atoms with Crippen LogP contribution in [0, 0.1) is 0 Å². The Morgan fingerprint density at radius 1 is 0.952 bits per heavy atom. The quantitative estimate of drug-likeness (QED) is 0.771. The molecule has 9 heteroatoms. The third-order valence-electron chi connectivity index (χ3n) is 2.51. The van der Waals surface area contributed by atoms with Gasteiger partial charge in [0.25, 0.3) is 0 Å². The van der Waals surface area contributed by atoms with E-state index < -0.39 is 0 Å². The van der Waals surface area contributed by atoms with Crippen molar-refractivity contribution in [3.63, 3.8) is 0 Å². The van der Waals surface area contributed by atoms with Gasteiger partial charge in [-0.15, -0.1) is 0 Å². The molecule has 21 heavy (non-hydrogen) atoms. The third-order valence-corrected chi connectivity index (χ3v) is 3.78. The van der Waals surface area contributed by atoms with E-state index in [9.17, 15) is 0 Å². The van der Waals surface area contributed by atoms with Gasteiger partial charge in [0.05, 0.1) is 24.4 Å². The fourth-order valence-electron chi connectivity index (χ4n) is 1.52. The van der Waals surface area contributed by atoms with E-state index >= 15 is 0 Å². The van der Waals surface area contributed by atoms with Crippen molar-refractivity contribution >= 4 is 49.4 Å². The lowest BCUT2D eigenvalue weighted by atomic mass is 10.3. The van der Waals surface area contributed by atoms with Gasteiger partial charge < -0.3 is 20.1 Å². The Labute approximate surface area is 138 Å². The van der Waals surface area contributed by atoms with Gasteiger partial charge in [-0.1, -0.05) is 0 Å². The minimum Gasteiger partial charge on any atom is -0.495 e. The molecule has 0 saturated carbocycles. The van der Waals surface area contributed by atoms with Gasteiger partial charge in [0.1, 0.15) is 5.75 Å². The minimum absolute atomic E-state index is 0.219. The van der Waals surface area contributed by atoms with Crippen molar-refractivity contribution in [1.82, 2.24) is 15.0 Å². The molecule has 0 atom stereocenters. The Morgan fingerprint density at radius 3 is 2.29 bits per heavy atom. The van der Waals surface area contributed by atoms with Crippen molar-refractivity contribution in [1.29, 1.82) is 0 Å². The summed E-state index contributed by atoms with van der Waals surface area (Å²) in [5.74, 6) is 1.45. The largest absolute Gasteiger partial charge is 0.495 e. The van der Waals surface area contributed by atoms with Crippen LogP contribution in [0.5, 0.6) is 11.8 Å². The van der Waals surface area contributed by atoms with Gasteiger partial charge in [0, 0.05) is 17.6 Å². The molecule has 0 aliphatic rings. The minimum atomic E-state index is 0.219. The van der Waals surface area contributed by atoms with Crippen LogP contribution in [-0.4, -0.2) is 36.2 Å². The van der Waals surface area contributed by atoms with Crippen LogP contribution in [0.2, 0.25) is 0 Å². The molecule has 112 valence electrons. The maximum Gasteiger partial charge on any atom is 0.322 e. The molecular formula is C12H13Br2N5O2. The second kappa shape index (κ2) is 6.90. The van der Waals surface area contributed by atoms with Gasteiger partial charge in [0.2, 0.25) is 11.9 Å². The highest BCUT2D eigenvalue weighted by Gasteiger charge is 2.11. The highest BCUT2D eigenvalue weighted by Crippen LogP contribution is 2.35. The normalized spacial score (nSPS) is 10.1. The SMILES string of the molecule is CNc1nc(Nc2cc(OC)c(Br)cc2Br)nc(OC)n1. The monoisotopic (exact) mass is 417 g/mol. The summed E-state index contributed by atoms with van der Waals surface area (Å²) in [5.41, 5.74) is 0.755. The first-order chi connectivity index (χ1) is 10.1. The van der Waals surface area contributed by atoms with Gasteiger partial charge >= 0.3 is 6.01 Å². The molecule has 2 N–H and O–H groups in total. The molecule has 0 aliphatic heterocycles. The van der Waals surface area contributed by atoms with Crippen LogP contribution < -0.4 is 20.1 Å². The van der Waals surface area contributed by atoms with E-state index in [1.165, 1.54) is 7.11 Å². The van der Waals surface area contributed by atoms with Crippen LogP contribution in [0.1, 0.15) is 0 Å². The number of nitrogens with zero attached hydrogens (tertiary/aromatic N) is 3. The summed E-state index contributed by atoms with van der Waals surface area (Å²) >= 11 is 6.89. The molecule has 0 bridgehead atoms. The summed E-state index contributed by atoms with van der Waals surface area (Å²) in [7, 11) is 4.82. The van der Waals surface area contributed by atoms with Crippen molar-refractivity contribution in [3.8, 4) is 11.8 Å². The van der Waals surface area contributed by atoms with Crippen LogP contribution in [0.15, 0.2) is 21.1 Å². The number of aromatic nitrogens is 3. The van der Waals surface area contributed by atoms with E-state index in [-0.39, 0.29) is 6.01 Å². The van der Waals surface area contributed by atoms with Crippen LogP contribution in [0.3, 0.4) is 0 Å². The van der Waals surface area contributed by atoms with Crippen molar-refractivity contribution in [2.75, 3.05) is 31.9 Å². The summed E-state index contributed by atoms with van der Waals surface area (Å²) in [4.78, 5) is 12.4. The Bertz CT molecular complexity index is 632. The molecule has 0 unspecified atom stereocenters. The van der Waals surface area contributed by atoms with Crippen molar-refractivity contribution in [2.45, 2.75) is 0 Å². The average Bonchev–Trinajstić information content (AvgIpc) is 2.49. The molecule has 1 heterocycles. The summed E-state index contributed by atoms with van der Waals surface area (Å²) in [6, 6.07) is 3.92. The molecule has 1 aromatic heterocycles. The third kappa shape index (κ3) is 3.73. The number of halogens is 2. The smallest absolute Gasteiger partial charge is 0.322 e. The lowest BCUT2D eigenvalue weighted by molar-refractivity contribution is 0.379. The molecular weight excluding hydrogens is 406 g/mol. The second-order valence-electron chi connectivity index (χ2n) is 3.81. The van der Waals surface area contributed by atoms with Gasteiger partial charge in [-0.05, 0) is 37.9 Å². The van der Waals surface area contributed by atoms with Crippen molar-refractivity contribution in [3.05, 3.63) is 21.1 Å². The first-order valence-electron chi connectivity index (χ1n) is 5.85. The molecule has 0 fully saturated rings. The van der Waals surface area contributed by atoms with Crippen LogP contribution in [-0.2, 0) is 0 Å². The standard InChI is InChI=1S/C12H13Br2N5O2/c1-15-10-17-11(19-12(18-10)21-3)16-8-5-9(20-2)7(14)4-6(8)13/h4-5H,1-3H3,(H2,15,16,17,18,19). The molecule has 0 radical (unpaired) electrons. The van der Waals surface area contributed by atoms with E-state index in [2.05, 4.69) is 57.4 Å². The Balaban J connectivity index is 2.37. The molecule has 2 aromatic rings. The van der Waals surface area contributed by atoms with Crippen molar-refractivity contribution in [2.24, 2.45) is 0 Å². The van der Waals surface area contributed by atoms with E-state index in [1.54, 1.807) is 14.2 Å². The first kappa shape index (κ1) is 15.8. The van der Waals surface area contributed by atoms with Crippen molar-refractivity contribution < 1.29 is 9.47 Å². The van der Waals surface area contributed by atoms with Crippen LogP contribution in [0.4, 0.5) is 17.6 Å². The van der Waals surface area contributed by atoms with Gasteiger partial charge in [0.15, 0.2) is 0 Å². The number of rotatable bonds is 5. The summed E-state index contributed by atoms with van der Waals surface area (Å²) < 4.78 is 12.0. The van der Waals surface area contributed by atoms with E-state index in [0.29, 0.717) is 17.6 Å². The first-order valence-corrected chi connectivity index (χ1v) is 7.44. The highest BCUT2D eigenvalue weighted by molar-refractivity contribution is 9.11. The fourth-order valence-corrected chi connectivity index (χ4v) is 2.77. The van der Waals surface area contributed by atoms with E-state index in [1.807, 2.05) is 12.1 Å². The lowest BCUT2D eigenvalue weighted by Gasteiger charge is -2.11. The van der Waals surface area contributed by atoms with Gasteiger partial charge in [-0.25, -0.2) is 0 Å². The summed E-state index contributed by atoms with van der Waals surface area (Å²) in [5, 5.41) is 5.94. The van der Waals surface area contributed by atoms with E-state index in [4.69, 9.17) is 9.47 Å². The zero-order valence-electron chi connectivity index (χ0n) is 11.6. The average molecular weight is 419 g/mol. The molecule has 0 aliphatic carbocycles. The number of hydrogen-bond acceptors (Lipinski definition) is 7. The van der Waals surface area contributed by atoms with Gasteiger partial charge in [-0.2, -0.15) is 15.0 Å². The zero-order valence-corrected chi connectivity index (χ0v) is 14.7. The number of anilines is 3. The molecule has 7 nitrogen and oxygen atoms in total. The summed E-state index contributed by atoms with van der Waals surface area (Å²) in [6.07, 6.45) is 0. The van der Waals surface area contributed by atoms with E-state index in [0.717, 1.165) is 14.6 Å². The second-order valence-corrected chi connectivity index (χ2v) is 5.52. The van der Waals surface area contributed by atoms with Crippen LogP contribution in [0.25, 0.3) is 0 Å². The number of ether oxygens (including phenoxy) is 2. The Morgan fingerprint density at radius 2 is 1.67 bits per heavy atom. The molecule has 0 saturated heterocycles. The number of methoxy groups -OCH3 is 2. The highest BCUT2D eigenvalue weighted by atomic mass is 79.9. The topological polar surface area (TPSA) is 81.2 Å². The predicted molar refractivity (Wildman–Crippen MR) is 87.6 cm³/mol. The molecule has 1 aromatic carbocycles. The molecule has 0 spiro atoms. The predicted octanol–water partition coefficient (Wildman–Crippen LogP) is 3.20. The Kier molecular flexibility index (Phi) is 5.18. The lowest BCUT2D eigenvalue weighted by Crippen LogP contribution is -2.06. The summed E-state index contributed by atoms with van der Waals surface area (Å²) in [6.45, 7) is 0. The van der Waals surface area contributed by atoms with Crippen LogP contribution >= 0.6 is 31.9 Å². The molecule has 0 amide bonds. The number of nitrogens with one attached hydrogen (secondary N) is 2. The molecule has 2 rings (SSSR count). The van der Waals surface area contributed by atoms with Gasteiger partial charge in [-0.3, -0.25) is 0 Å².